The molecular formula is C7H12N4O2. The highest BCUT2D eigenvalue weighted by molar-refractivity contribution is 5.91. The van der Waals surface area contributed by atoms with E-state index in [0.29, 0.717) is 0 Å². The number of nitrogens with one attached hydrogen (secondary N) is 1. The van der Waals surface area contributed by atoms with E-state index in [4.69, 9.17) is 5.11 Å². The second-order valence-corrected chi connectivity index (χ2v) is 2.78. The maximum Gasteiger partial charge on any atom is 0.273 e. The van der Waals surface area contributed by atoms with Crippen molar-refractivity contribution in [3.63, 3.8) is 0 Å². The minimum absolute atomic E-state index is 0.0913. The zero-order chi connectivity index (χ0) is 9.84. The molecule has 0 aliphatic heterocycles. The normalized spacial score (nSPS) is 12.5. The second kappa shape index (κ2) is 3.99. The molecule has 1 amide bonds. The maximum absolute atomic E-state index is 11.3. The third-order valence-corrected chi connectivity index (χ3v) is 1.48. The van der Waals surface area contributed by atoms with Crippen LogP contribution in [0.25, 0.3) is 0 Å². The number of carbonyl (C=O) groups excluding carboxylic acids is 1. The van der Waals surface area contributed by atoms with Gasteiger partial charge in [0.1, 0.15) is 0 Å². The van der Waals surface area contributed by atoms with E-state index < -0.39 is 0 Å². The van der Waals surface area contributed by atoms with Crippen LogP contribution in [0, 0.1) is 0 Å². The Balaban J connectivity index is 2.58. The number of hydrogen-bond acceptors (Lipinski definition) is 4. The van der Waals surface area contributed by atoms with Crippen molar-refractivity contribution in [2.45, 2.75) is 13.0 Å². The van der Waals surface area contributed by atoms with Crippen LogP contribution in [0.4, 0.5) is 0 Å². The highest BCUT2D eigenvalue weighted by Gasteiger charge is 2.11. The third-order valence-electron chi connectivity index (χ3n) is 1.48. The molecule has 0 radical (unpaired) electrons. The lowest BCUT2D eigenvalue weighted by atomic mass is 10.3. The Kier molecular flexibility index (Phi) is 2.97. The van der Waals surface area contributed by atoms with Gasteiger partial charge in [-0.2, -0.15) is 9.90 Å². The quantitative estimate of drug-likeness (QED) is 0.626. The first-order valence-corrected chi connectivity index (χ1v) is 3.91. The SMILES string of the molecule is C[C@@H](CO)NC(=O)c1cnn(C)n1. The highest BCUT2D eigenvalue weighted by Crippen LogP contribution is 1.91. The minimum Gasteiger partial charge on any atom is -0.394 e. The van der Waals surface area contributed by atoms with E-state index in [-0.39, 0.29) is 24.2 Å². The van der Waals surface area contributed by atoms with Crippen molar-refractivity contribution in [1.82, 2.24) is 20.3 Å². The summed E-state index contributed by atoms with van der Waals surface area (Å²) in [6.45, 7) is 1.61. The molecule has 72 valence electrons. The zero-order valence-corrected chi connectivity index (χ0v) is 7.56. The number of nitrogens with zero attached hydrogens (tertiary/aromatic N) is 3. The van der Waals surface area contributed by atoms with Gasteiger partial charge in [-0.25, -0.2) is 0 Å². The number of aromatic nitrogens is 3. The first-order chi connectivity index (χ1) is 6.13. The van der Waals surface area contributed by atoms with Crippen LogP contribution >= 0.6 is 0 Å². The van der Waals surface area contributed by atoms with Gasteiger partial charge >= 0.3 is 0 Å². The van der Waals surface area contributed by atoms with Crippen molar-refractivity contribution in [1.29, 1.82) is 0 Å². The van der Waals surface area contributed by atoms with Crippen LogP contribution in [0.2, 0.25) is 0 Å². The Labute approximate surface area is 75.6 Å². The maximum atomic E-state index is 11.3. The van der Waals surface area contributed by atoms with Gasteiger partial charge < -0.3 is 10.4 Å². The molecule has 1 aromatic heterocycles. The van der Waals surface area contributed by atoms with E-state index in [0.717, 1.165) is 0 Å². The van der Waals surface area contributed by atoms with Crippen molar-refractivity contribution in [2.75, 3.05) is 6.61 Å². The fraction of sp³-hybridized carbons (Fsp3) is 0.571. The number of rotatable bonds is 3. The van der Waals surface area contributed by atoms with Crippen LogP contribution in [-0.4, -0.2) is 38.7 Å². The molecular weight excluding hydrogens is 172 g/mol. The van der Waals surface area contributed by atoms with Gasteiger partial charge in [0, 0.05) is 13.1 Å². The smallest absolute Gasteiger partial charge is 0.273 e. The van der Waals surface area contributed by atoms with Crippen LogP contribution in [0.5, 0.6) is 0 Å². The lowest BCUT2D eigenvalue weighted by molar-refractivity contribution is 0.0916. The van der Waals surface area contributed by atoms with Crippen molar-refractivity contribution < 1.29 is 9.90 Å². The average Bonchev–Trinajstić information content (AvgIpc) is 2.51. The molecule has 0 unspecified atom stereocenters. The van der Waals surface area contributed by atoms with E-state index in [1.807, 2.05) is 0 Å². The summed E-state index contributed by atoms with van der Waals surface area (Å²) in [5.41, 5.74) is 0.253. The molecule has 6 heteroatoms. The summed E-state index contributed by atoms with van der Waals surface area (Å²) in [4.78, 5) is 12.6. The topological polar surface area (TPSA) is 80.0 Å². The number of aliphatic hydroxyl groups excluding tert-OH is 1. The molecule has 1 atom stereocenters. The van der Waals surface area contributed by atoms with Crippen LogP contribution in [0.1, 0.15) is 17.4 Å². The van der Waals surface area contributed by atoms with Crippen molar-refractivity contribution in [3.8, 4) is 0 Å². The van der Waals surface area contributed by atoms with Crippen molar-refractivity contribution in [3.05, 3.63) is 11.9 Å². The molecule has 1 aromatic rings. The standard InChI is InChI=1S/C7H12N4O2/c1-5(4-12)9-7(13)6-3-8-11(2)10-6/h3,5,12H,4H2,1-2H3,(H,9,13)/t5-/m0/s1. The summed E-state index contributed by atoms with van der Waals surface area (Å²) >= 11 is 0. The first kappa shape index (κ1) is 9.66. The molecule has 0 aliphatic carbocycles. The second-order valence-electron chi connectivity index (χ2n) is 2.78. The summed E-state index contributed by atoms with van der Waals surface area (Å²) in [5.74, 6) is -0.324. The van der Waals surface area contributed by atoms with E-state index >= 15 is 0 Å². The summed E-state index contributed by atoms with van der Waals surface area (Å²) < 4.78 is 0. The molecule has 13 heavy (non-hydrogen) atoms. The van der Waals surface area contributed by atoms with Gasteiger partial charge in [0.15, 0.2) is 5.69 Å². The fourth-order valence-corrected chi connectivity index (χ4v) is 0.793. The van der Waals surface area contributed by atoms with Crippen molar-refractivity contribution >= 4 is 5.91 Å². The Bertz CT molecular complexity index is 296. The van der Waals surface area contributed by atoms with Gasteiger partial charge in [-0.3, -0.25) is 4.79 Å². The Morgan fingerprint density at radius 3 is 3.00 bits per heavy atom. The summed E-state index contributed by atoms with van der Waals surface area (Å²) in [6.07, 6.45) is 1.37. The van der Waals surface area contributed by atoms with Gasteiger partial charge in [0.05, 0.1) is 12.8 Å². The summed E-state index contributed by atoms with van der Waals surface area (Å²) in [5, 5.41) is 18.8. The van der Waals surface area contributed by atoms with Crippen LogP contribution in [-0.2, 0) is 7.05 Å². The summed E-state index contributed by atoms with van der Waals surface area (Å²) in [6, 6.07) is -0.269. The predicted molar refractivity (Wildman–Crippen MR) is 45.0 cm³/mol. The number of aliphatic hydroxyl groups is 1. The van der Waals surface area contributed by atoms with Gasteiger partial charge in [-0.1, -0.05) is 0 Å². The largest absolute Gasteiger partial charge is 0.394 e. The fourth-order valence-electron chi connectivity index (χ4n) is 0.793. The first-order valence-electron chi connectivity index (χ1n) is 3.91. The molecule has 6 nitrogen and oxygen atoms in total. The molecule has 0 bridgehead atoms. The molecule has 2 N–H and O–H groups in total. The van der Waals surface area contributed by atoms with Gasteiger partial charge in [0.25, 0.3) is 5.91 Å². The van der Waals surface area contributed by atoms with Gasteiger partial charge in [-0.15, -0.1) is 5.10 Å². The number of hydrogen-bond donors (Lipinski definition) is 2. The van der Waals surface area contributed by atoms with E-state index in [1.165, 1.54) is 11.0 Å². The zero-order valence-electron chi connectivity index (χ0n) is 7.56. The lowest BCUT2D eigenvalue weighted by Crippen LogP contribution is -2.35. The van der Waals surface area contributed by atoms with Crippen LogP contribution in [0.3, 0.4) is 0 Å². The van der Waals surface area contributed by atoms with Crippen LogP contribution in [0.15, 0.2) is 6.20 Å². The Hall–Kier alpha value is -1.43. The minimum atomic E-state index is -0.324. The van der Waals surface area contributed by atoms with Crippen LogP contribution < -0.4 is 5.32 Å². The third kappa shape index (κ3) is 2.51. The monoisotopic (exact) mass is 184 g/mol. The van der Waals surface area contributed by atoms with E-state index in [2.05, 4.69) is 15.5 Å². The molecule has 0 spiro atoms. The number of carbonyl (C=O) groups is 1. The summed E-state index contributed by atoms with van der Waals surface area (Å²) in [7, 11) is 1.63. The highest BCUT2D eigenvalue weighted by atomic mass is 16.3. The molecule has 0 saturated heterocycles. The molecule has 1 heterocycles. The molecule has 0 aromatic carbocycles. The van der Waals surface area contributed by atoms with Gasteiger partial charge in [0.2, 0.25) is 0 Å². The van der Waals surface area contributed by atoms with Gasteiger partial charge in [-0.05, 0) is 6.92 Å². The Morgan fingerprint density at radius 1 is 1.85 bits per heavy atom. The molecule has 1 rings (SSSR count). The van der Waals surface area contributed by atoms with E-state index in [9.17, 15) is 4.79 Å². The molecule has 0 saturated carbocycles. The molecule has 0 aliphatic rings. The van der Waals surface area contributed by atoms with E-state index in [1.54, 1.807) is 14.0 Å². The lowest BCUT2D eigenvalue weighted by Gasteiger charge is -2.07. The Morgan fingerprint density at radius 2 is 2.54 bits per heavy atom. The predicted octanol–water partition coefficient (Wildman–Crippen LogP) is -1.07. The van der Waals surface area contributed by atoms with Crippen molar-refractivity contribution in [2.24, 2.45) is 7.05 Å². The number of amides is 1. The number of aryl methyl sites for hydroxylation is 1. The molecule has 0 fully saturated rings. The average molecular weight is 184 g/mol.